The molecule has 5 heterocycles. The number of carboxylic acid groups (broad SMARTS) is 1. The number of imidazole rings is 1. The number of aromatic amines is 1. The fraction of sp³-hybridized carbons (Fsp3) is 0.256. The molecule has 3 N–H and O–H groups in total. The molecule has 0 radical (unpaired) electrons. The fourth-order valence-corrected chi connectivity index (χ4v) is 11.1. The first-order chi connectivity index (χ1) is 26.6. The molecule has 0 unspecified atom stereocenters. The number of benzene rings is 3. The van der Waals surface area contributed by atoms with Crippen LogP contribution in [-0.4, -0.2) is 76.2 Å². The van der Waals surface area contributed by atoms with E-state index in [-0.39, 0.29) is 30.3 Å². The summed E-state index contributed by atoms with van der Waals surface area (Å²) in [5.41, 5.74) is 15.2. The lowest BCUT2D eigenvalue weighted by molar-refractivity contribution is -0.582. The molecule has 0 spiro atoms. The van der Waals surface area contributed by atoms with Crippen LogP contribution < -0.4 is 25.7 Å². The largest absolute Gasteiger partial charge is 0.545 e. The van der Waals surface area contributed by atoms with E-state index in [1.807, 2.05) is 24.3 Å². The molecule has 55 heavy (non-hydrogen) atoms. The van der Waals surface area contributed by atoms with E-state index in [9.17, 15) is 14.7 Å². The Morgan fingerprint density at radius 2 is 1.76 bits per heavy atom. The summed E-state index contributed by atoms with van der Waals surface area (Å²) in [6.45, 7) is 9.22. The minimum Gasteiger partial charge on any atom is -0.545 e. The van der Waals surface area contributed by atoms with Gasteiger partial charge < -0.3 is 30.3 Å². The number of nitrogens with two attached hydrogens (primary N) is 1. The number of allylic oxidation sites excluding steroid dienone is 5. The van der Waals surface area contributed by atoms with Crippen molar-refractivity contribution in [1.29, 1.82) is 0 Å². The van der Waals surface area contributed by atoms with Crippen LogP contribution in [0.15, 0.2) is 96.0 Å². The normalized spacial score (nSPS) is 17.0. The average Bonchev–Trinajstić information content (AvgIpc) is 3.61. The van der Waals surface area contributed by atoms with Crippen molar-refractivity contribution in [2.24, 2.45) is 0 Å². The van der Waals surface area contributed by atoms with Gasteiger partial charge in [-0.25, -0.2) is 9.56 Å². The molecule has 5 aromatic rings. The highest BCUT2D eigenvalue weighted by Gasteiger charge is 2.41. The van der Waals surface area contributed by atoms with Crippen molar-refractivity contribution in [2.45, 2.75) is 45.4 Å². The topological polar surface area (TPSA) is 153 Å². The van der Waals surface area contributed by atoms with Gasteiger partial charge in [-0.2, -0.15) is 9.97 Å². The summed E-state index contributed by atoms with van der Waals surface area (Å²) >= 11 is 0. The van der Waals surface area contributed by atoms with Gasteiger partial charge in [0.05, 0.1) is 18.7 Å². The number of carboxylic acids is 1. The Morgan fingerprint density at radius 3 is 2.49 bits per heavy atom. The van der Waals surface area contributed by atoms with E-state index >= 15 is 0 Å². The van der Waals surface area contributed by atoms with Crippen molar-refractivity contribution in [2.75, 3.05) is 36.8 Å². The number of nitrogens with zero attached hydrogens (tertiary/aromatic N) is 5. The van der Waals surface area contributed by atoms with Crippen molar-refractivity contribution >= 4 is 59.1 Å². The molecule has 4 aliphatic rings. The summed E-state index contributed by atoms with van der Waals surface area (Å²) in [6.07, 6.45) is 11.3. The van der Waals surface area contributed by atoms with Gasteiger partial charge >= 0.3 is 0 Å². The van der Waals surface area contributed by atoms with Crippen molar-refractivity contribution in [3.8, 4) is 5.88 Å². The van der Waals surface area contributed by atoms with Crippen molar-refractivity contribution in [1.82, 2.24) is 19.9 Å². The van der Waals surface area contributed by atoms with Crippen LogP contribution in [-0.2, 0) is 13.0 Å². The summed E-state index contributed by atoms with van der Waals surface area (Å²) in [4.78, 5) is 44.4. The molecule has 2 fully saturated rings. The molecule has 0 atom stereocenters. The van der Waals surface area contributed by atoms with E-state index in [2.05, 4.69) is 78.9 Å². The maximum Gasteiger partial charge on any atom is 0.245 e. The van der Waals surface area contributed by atoms with Crippen LogP contribution in [0.2, 0.25) is 13.1 Å². The van der Waals surface area contributed by atoms with E-state index < -0.39 is 14.0 Å². The Morgan fingerprint density at radius 1 is 0.964 bits per heavy atom. The van der Waals surface area contributed by atoms with Gasteiger partial charge in [-0.3, -0.25) is 4.79 Å². The standard InChI is InChI=1S/C43H41N7O4Si/c1-55(2)36-22-29(49-17-3-18-49)11-14-32(36)38(33-15-12-30(23-37(33)55)50-19-4-20-50)34-21-28(10-13-31(34)42(52)53)35(51)16-9-26-5-7-27(8-6-26)24-54-41-39-40(46-25-45-39)47-43(44)48-41/h5-8,10-15,21-23,25H,3-4,9,16-20,24H2,1-2H3,(H3-,44,45,46,47,48,52,53). The van der Waals surface area contributed by atoms with Crippen LogP contribution in [0.5, 0.6) is 5.88 Å². The highest BCUT2D eigenvalue weighted by atomic mass is 28.3. The summed E-state index contributed by atoms with van der Waals surface area (Å²) in [6, 6.07) is 19.5. The van der Waals surface area contributed by atoms with Gasteiger partial charge in [-0.1, -0.05) is 55.6 Å². The first-order valence-corrected chi connectivity index (χ1v) is 21.9. The molecule has 0 bridgehead atoms. The minimum atomic E-state index is -2.23. The van der Waals surface area contributed by atoms with Crippen LogP contribution in [0.1, 0.15) is 62.2 Å². The number of carbonyl (C=O) groups excluding carboxylic acids is 2. The predicted molar refractivity (Wildman–Crippen MR) is 214 cm³/mol. The molecule has 11 nitrogen and oxygen atoms in total. The molecular weight excluding hydrogens is 707 g/mol. The second kappa shape index (κ2) is 13.6. The number of carbonyl (C=O) groups is 2. The van der Waals surface area contributed by atoms with Crippen LogP contribution in [0.4, 0.5) is 11.6 Å². The van der Waals surface area contributed by atoms with Crippen molar-refractivity contribution in [3.05, 3.63) is 129 Å². The lowest BCUT2D eigenvalue weighted by Crippen LogP contribution is -2.50. The maximum atomic E-state index is 13.9. The van der Waals surface area contributed by atoms with Gasteiger partial charge in [0.15, 0.2) is 17.1 Å². The van der Waals surface area contributed by atoms with E-state index in [0.29, 0.717) is 34.6 Å². The van der Waals surface area contributed by atoms with Crippen LogP contribution in [0, 0.1) is 0 Å². The number of ether oxygens (including phenoxy) is 1. The highest BCUT2D eigenvalue weighted by molar-refractivity contribution is 6.98. The third kappa shape index (κ3) is 6.25. The third-order valence-corrected chi connectivity index (χ3v) is 15.0. The number of anilines is 2. The first kappa shape index (κ1) is 34.6. The van der Waals surface area contributed by atoms with E-state index in [1.54, 1.807) is 18.2 Å². The Hall–Kier alpha value is -6.14. The fourth-order valence-electron chi connectivity index (χ4n) is 8.04. The summed E-state index contributed by atoms with van der Waals surface area (Å²) in [7, 11) is -2.23. The highest BCUT2D eigenvalue weighted by Crippen LogP contribution is 2.43. The molecular formula is C43H41N7O4Si. The van der Waals surface area contributed by atoms with Crippen LogP contribution in [0.3, 0.4) is 0 Å². The quantitative estimate of drug-likeness (QED) is 0.119. The number of aryl methyl sites for hydroxylation is 1. The number of hydrogen-bond acceptors (Lipinski definition) is 9. The monoisotopic (exact) mass is 747 g/mol. The van der Waals surface area contributed by atoms with Crippen molar-refractivity contribution < 1.29 is 24.0 Å². The van der Waals surface area contributed by atoms with E-state index in [4.69, 9.17) is 10.5 Å². The SMILES string of the molecule is C[Si]1(C)C2=CC(=[N+]3CCC3)C=CC2=C(c2cc(C(=O)CCc3ccc(COc4nc(N)nc5nc[nH]c45)cc3)ccc2C(=O)[O-])c2ccc(N3CCC3)cc21. The minimum absolute atomic E-state index is 0.0590. The van der Waals surface area contributed by atoms with Gasteiger partial charge in [0.25, 0.3) is 0 Å². The number of nitrogens with one attached hydrogen (secondary N) is 1. The molecule has 2 aromatic heterocycles. The van der Waals surface area contributed by atoms with Gasteiger partial charge in [0.2, 0.25) is 11.8 Å². The zero-order valence-corrected chi connectivity index (χ0v) is 31.9. The number of rotatable bonds is 10. The number of ketones is 1. The molecule has 0 amide bonds. The number of aromatic carboxylic acids is 1. The second-order valence-electron chi connectivity index (χ2n) is 15.2. The van der Waals surface area contributed by atoms with Gasteiger partial charge in [-0.15, -0.1) is 0 Å². The summed E-state index contributed by atoms with van der Waals surface area (Å²) in [5, 5.41) is 15.3. The number of hydrogen-bond donors (Lipinski definition) is 2. The van der Waals surface area contributed by atoms with Gasteiger partial charge in [-0.05, 0) is 80.9 Å². The van der Waals surface area contributed by atoms with Crippen molar-refractivity contribution in [3.63, 3.8) is 0 Å². The smallest absolute Gasteiger partial charge is 0.245 e. The molecule has 3 aromatic carbocycles. The molecule has 1 aliphatic carbocycles. The summed E-state index contributed by atoms with van der Waals surface area (Å²) < 4.78 is 8.33. The van der Waals surface area contributed by atoms with Crippen LogP contribution in [0.25, 0.3) is 16.7 Å². The zero-order chi connectivity index (χ0) is 37.8. The number of fused-ring (bicyclic) bond motifs is 3. The van der Waals surface area contributed by atoms with E-state index in [0.717, 1.165) is 54.0 Å². The summed E-state index contributed by atoms with van der Waals surface area (Å²) in [5.74, 6) is -0.907. The Bertz CT molecular complexity index is 2540. The van der Waals surface area contributed by atoms with E-state index in [1.165, 1.54) is 41.0 Å². The van der Waals surface area contributed by atoms with Gasteiger partial charge in [0.1, 0.15) is 33.3 Å². The second-order valence-corrected chi connectivity index (χ2v) is 19.5. The lowest BCUT2D eigenvalue weighted by Gasteiger charge is -2.40. The third-order valence-electron chi connectivity index (χ3n) is 11.5. The predicted octanol–water partition coefficient (Wildman–Crippen LogP) is 4.53. The molecule has 2 saturated heterocycles. The molecule has 0 saturated carbocycles. The average molecular weight is 748 g/mol. The zero-order valence-electron chi connectivity index (χ0n) is 30.9. The lowest BCUT2D eigenvalue weighted by atomic mass is 9.85. The first-order valence-electron chi connectivity index (χ1n) is 18.9. The molecule has 276 valence electrons. The molecule has 3 aliphatic heterocycles. The maximum absolute atomic E-state index is 13.9. The molecule has 12 heteroatoms. The number of aromatic nitrogens is 4. The number of Topliss-reactive ketones (excluding diaryl/α,β-unsaturated/α-hetero) is 1. The Kier molecular flexibility index (Phi) is 8.57. The van der Waals surface area contributed by atoms with Crippen LogP contribution >= 0.6 is 0 Å². The van der Waals surface area contributed by atoms with Gasteiger partial charge in [0, 0.05) is 48.5 Å². The Labute approximate surface area is 319 Å². The molecule has 9 rings (SSSR count). The number of H-pyrrole nitrogens is 1. The number of nitrogen functional groups attached to an aromatic ring is 1. The Balaban J connectivity index is 1.01.